The normalized spacial score (nSPS) is 20.8. The molecule has 1 aromatic heterocycles. The molecule has 6 nitrogen and oxygen atoms in total. The van der Waals surface area contributed by atoms with E-state index in [0.29, 0.717) is 24.2 Å². The smallest absolute Gasteiger partial charge is 0.273 e. The van der Waals surface area contributed by atoms with Crippen molar-refractivity contribution >= 4 is 5.91 Å². The van der Waals surface area contributed by atoms with Crippen molar-refractivity contribution in [2.45, 2.75) is 58.0 Å². The summed E-state index contributed by atoms with van der Waals surface area (Å²) in [6.45, 7) is 7.11. The molecular weight excluding hydrogens is 280 g/mol. The van der Waals surface area contributed by atoms with Crippen LogP contribution in [0.15, 0.2) is 10.7 Å². The topological polar surface area (TPSA) is 84.4 Å². The van der Waals surface area contributed by atoms with Crippen LogP contribution in [0.5, 0.6) is 0 Å². The van der Waals surface area contributed by atoms with Crippen LogP contribution in [0.25, 0.3) is 0 Å². The molecule has 2 atom stereocenters. The molecule has 0 bridgehead atoms. The Morgan fingerprint density at radius 2 is 2.41 bits per heavy atom. The summed E-state index contributed by atoms with van der Waals surface area (Å²) in [7, 11) is 0. The number of nitrogens with two attached hydrogens (primary N) is 1. The molecule has 1 aliphatic heterocycles. The van der Waals surface area contributed by atoms with E-state index in [4.69, 9.17) is 10.2 Å². The van der Waals surface area contributed by atoms with Crippen molar-refractivity contribution in [3.05, 3.63) is 17.8 Å². The molecule has 1 fully saturated rings. The van der Waals surface area contributed by atoms with Gasteiger partial charge in [-0.3, -0.25) is 4.79 Å². The standard InChI is InChI=1S/C16H28N4O2/c1-3-13(17)16-19-14(11-22-16)15(21)18-8-6-10-20-9-5-4-7-12(20)2/h11-13H,3-10,17H2,1-2H3,(H,18,21). The summed E-state index contributed by atoms with van der Waals surface area (Å²) in [5.74, 6) is 0.236. The molecule has 2 heterocycles. The average molecular weight is 308 g/mol. The van der Waals surface area contributed by atoms with Crippen molar-refractivity contribution < 1.29 is 9.21 Å². The van der Waals surface area contributed by atoms with Crippen LogP contribution in [-0.4, -0.2) is 41.5 Å². The van der Waals surface area contributed by atoms with Gasteiger partial charge in [0, 0.05) is 19.1 Å². The summed E-state index contributed by atoms with van der Waals surface area (Å²) in [6, 6.07) is 0.417. The maximum absolute atomic E-state index is 12.0. The highest BCUT2D eigenvalue weighted by atomic mass is 16.3. The Hall–Kier alpha value is -1.40. The number of hydrogen-bond acceptors (Lipinski definition) is 5. The number of nitrogens with zero attached hydrogens (tertiary/aromatic N) is 2. The quantitative estimate of drug-likeness (QED) is 0.753. The van der Waals surface area contributed by atoms with Crippen LogP contribution in [0.1, 0.15) is 68.4 Å². The van der Waals surface area contributed by atoms with E-state index in [2.05, 4.69) is 22.1 Å². The molecule has 3 N–H and O–H groups in total. The number of aromatic nitrogens is 1. The van der Waals surface area contributed by atoms with Gasteiger partial charge in [0.1, 0.15) is 6.26 Å². The van der Waals surface area contributed by atoms with Crippen molar-refractivity contribution in [3.8, 4) is 0 Å². The molecule has 0 aromatic carbocycles. The van der Waals surface area contributed by atoms with Gasteiger partial charge in [-0.25, -0.2) is 4.98 Å². The lowest BCUT2D eigenvalue weighted by Gasteiger charge is -2.33. The van der Waals surface area contributed by atoms with Gasteiger partial charge >= 0.3 is 0 Å². The number of rotatable bonds is 7. The monoisotopic (exact) mass is 308 g/mol. The molecule has 6 heteroatoms. The molecule has 2 rings (SSSR count). The lowest BCUT2D eigenvalue weighted by atomic mass is 10.0. The van der Waals surface area contributed by atoms with Crippen LogP contribution in [0.2, 0.25) is 0 Å². The van der Waals surface area contributed by atoms with E-state index in [1.165, 1.54) is 32.1 Å². The number of oxazole rings is 1. The van der Waals surface area contributed by atoms with E-state index in [9.17, 15) is 4.79 Å². The fourth-order valence-electron chi connectivity index (χ4n) is 2.80. The third-order valence-electron chi connectivity index (χ3n) is 4.36. The summed E-state index contributed by atoms with van der Waals surface area (Å²) >= 11 is 0. The third-order valence-corrected chi connectivity index (χ3v) is 4.36. The first-order valence-electron chi connectivity index (χ1n) is 8.35. The largest absolute Gasteiger partial charge is 0.446 e. The van der Waals surface area contributed by atoms with E-state index in [1.54, 1.807) is 0 Å². The average Bonchev–Trinajstić information content (AvgIpc) is 3.02. The van der Waals surface area contributed by atoms with Crippen molar-refractivity contribution in [3.63, 3.8) is 0 Å². The highest BCUT2D eigenvalue weighted by Crippen LogP contribution is 2.16. The van der Waals surface area contributed by atoms with Gasteiger partial charge in [0.2, 0.25) is 5.89 Å². The molecule has 1 aromatic rings. The molecular formula is C16H28N4O2. The zero-order valence-corrected chi connectivity index (χ0v) is 13.7. The predicted molar refractivity (Wildman–Crippen MR) is 85.6 cm³/mol. The van der Waals surface area contributed by atoms with E-state index in [1.807, 2.05) is 6.92 Å². The highest BCUT2D eigenvalue weighted by Gasteiger charge is 2.18. The van der Waals surface area contributed by atoms with Crippen molar-refractivity contribution in [1.82, 2.24) is 15.2 Å². The fourth-order valence-corrected chi connectivity index (χ4v) is 2.80. The number of amides is 1. The highest BCUT2D eigenvalue weighted by molar-refractivity contribution is 5.91. The molecule has 1 aliphatic rings. The second-order valence-electron chi connectivity index (χ2n) is 6.08. The Kier molecular flexibility index (Phi) is 6.39. The zero-order chi connectivity index (χ0) is 15.9. The van der Waals surface area contributed by atoms with E-state index in [0.717, 1.165) is 19.4 Å². The molecule has 0 aliphatic carbocycles. The minimum atomic E-state index is -0.248. The van der Waals surface area contributed by atoms with Gasteiger partial charge < -0.3 is 20.4 Å². The first-order chi connectivity index (χ1) is 10.6. The van der Waals surface area contributed by atoms with E-state index in [-0.39, 0.29) is 11.9 Å². The van der Waals surface area contributed by atoms with Gasteiger partial charge in [0.05, 0.1) is 6.04 Å². The molecule has 2 unspecified atom stereocenters. The SMILES string of the molecule is CCC(N)c1nc(C(=O)NCCCN2CCCCC2C)co1. The second kappa shape index (κ2) is 8.29. The van der Waals surface area contributed by atoms with Gasteiger partial charge in [-0.05, 0) is 39.2 Å². The van der Waals surface area contributed by atoms with E-state index >= 15 is 0 Å². The third kappa shape index (κ3) is 4.55. The molecule has 0 saturated carbocycles. The molecule has 1 amide bonds. The second-order valence-corrected chi connectivity index (χ2v) is 6.08. The van der Waals surface area contributed by atoms with Crippen LogP contribution in [0, 0.1) is 0 Å². The van der Waals surface area contributed by atoms with Crippen molar-refractivity contribution in [1.29, 1.82) is 0 Å². The molecule has 124 valence electrons. The lowest BCUT2D eigenvalue weighted by molar-refractivity contribution is 0.0944. The summed E-state index contributed by atoms with van der Waals surface area (Å²) in [6.07, 6.45) is 6.97. The van der Waals surface area contributed by atoms with Crippen LogP contribution >= 0.6 is 0 Å². The Morgan fingerprint density at radius 1 is 1.59 bits per heavy atom. The maximum Gasteiger partial charge on any atom is 0.273 e. The van der Waals surface area contributed by atoms with E-state index < -0.39 is 0 Å². The molecule has 0 radical (unpaired) electrons. The van der Waals surface area contributed by atoms with Crippen molar-refractivity contribution in [2.75, 3.05) is 19.6 Å². The summed E-state index contributed by atoms with van der Waals surface area (Å²) in [5, 5.41) is 2.89. The van der Waals surface area contributed by atoms with Gasteiger partial charge in [0.25, 0.3) is 5.91 Å². The number of nitrogens with one attached hydrogen (secondary N) is 1. The van der Waals surface area contributed by atoms with Gasteiger partial charge in [0.15, 0.2) is 5.69 Å². The number of carbonyl (C=O) groups excluding carboxylic acids is 1. The lowest BCUT2D eigenvalue weighted by Crippen LogP contribution is -2.39. The number of hydrogen-bond donors (Lipinski definition) is 2. The molecule has 22 heavy (non-hydrogen) atoms. The van der Waals surface area contributed by atoms with Crippen molar-refractivity contribution in [2.24, 2.45) is 5.73 Å². The van der Waals surface area contributed by atoms with Crippen LogP contribution in [0.4, 0.5) is 0 Å². The Bertz CT molecular complexity index is 474. The first-order valence-corrected chi connectivity index (χ1v) is 8.35. The Balaban J connectivity index is 1.70. The van der Waals surface area contributed by atoms with Gasteiger partial charge in [-0.2, -0.15) is 0 Å². The maximum atomic E-state index is 12.0. The summed E-state index contributed by atoms with van der Waals surface area (Å²) < 4.78 is 5.25. The van der Waals surface area contributed by atoms with Crippen LogP contribution < -0.4 is 11.1 Å². The predicted octanol–water partition coefficient (Wildman–Crippen LogP) is 2.08. The molecule has 1 saturated heterocycles. The van der Waals surface area contributed by atoms with Crippen LogP contribution in [-0.2, 0) is 0 Å². The van der Waals surface area contributed by atoms with Gasteiger partial charge in [-0.1, -0.05) is 13.3 Å². The Labute approximate surface area is 132 Å². The first kappa shape index (κ1) is 17.0. The minimum Gasteiger partial charge on any atom is -0.446 e. The summed E-state index contributed by atoms with van der Waals surface area (Å²) in [5.41, 5.74) is 6.14. The fraction of sp³-hybridized carbons (Fsp3) is 0.750. The molecule has 0 spiro atoms. The minimum absolute atomic E-state index is 0.190. The zero-order valence-electron chi connectivity index (χ0n) is 13.7. The number of likely N-dealkylation sites (tertiary alicyclic amines) is 1. The summed E-state index contributed by atoms with van der Waals surface area (Å²) in [4.78, 5) is 18.6. The number of piperidine rings is 1. The van der Waals surface area contributed by atoms with Crippen LogP contribution in [0.3, 0.4) is 0 Å². The van der Waals surface area contributed by atoms with Gasteiger partial charge in [-0.15, -0.1) is 0 Å². The number of carbonyl (C=O) groups is 1. The Morgan fingerprint density at radius 3 is 3.14 bits per heavy atom.